The molecule has 21 heavy (non-hydrogen) atoms. The van der Waals surface area contributed by atoms with E-state index in [0.29, 0.717) is 14.8 Å². The number of aromatic amines is 1. The zero-order valence-corrected chi connectivity index (χ0v) is 13.9. The summed E-state index contributed by atoms with van der Waals surface area (Å²) in [5, 5.41) is 0. The first kappa shape index (κ1) is 14.5. The molecule has 2 nitrogen and oxygen atoms in total. The maximum Gasteiger partial charge on any atom is 0.182 e. The Bertz CT molecular complexity index is 866. The Kier molecular flexibility index (Phi) is 3.95. The molecule has 0 aliphatic carbocycles. The quantitative estimate of drug-likeness (QED) is 0.604. The van der Waals surface area contributed by atoms with Crippen LogP contribution in [0.1, 0.15) is 18.9 Å². The third-order valence-corrected chi connectivity index (χ3v) is 4.37. The number of para-hydroxylation sites is 1. The summed E-state index contributed by atoms with van der Waals surface area (Å²) in [6.07, 6.45) is 2.04. The van der Waals surface area contributed by atoms with E-state index in [-0.39, 0.29) is 5.82 Å². The Morgan fingerprint density at radius 1 is 1.29 bits per heavy atom. The normalized spacial score (nSPS) is 11.2. The van der Waals surface area contributed by atoms with Crippen molar-refractivity contribution in [1.82, 2.24) is 9.55 Å². The Morgan fingerprint density at radius 3 is 2.81 bits per heavy atom. The van der Waals surface area contributed by atoms with Crippen LogP contribution in [-0.2, 0) is 6.42 Å². The summed E-state index contributed by atoms with van der Waals surface area (Å²) in [4.78, 5) is 3.08. The van der Waals surface area contributed by atoms with E-state index in [2.05, 4.69) is 33.9 Å². The maximum atomic E-state index is 13.7. The number of hydrogen-bond donors (Lipinski definition) is 1. The maximum absolute atomic E-state index is 13.7. The zero-order chi connectivity index (χ0) is 15.0. The summed E-state index contributed by atoms with van der Waals surface area (Å²) in [5.41, 5.74) is 3.86. The van der Waals surface area contributed by atoms with Crippen molar-refractivity contribution in [3.05, 3.63) is 57.0 Å². The third-order valence-electron chi connectivity index (χ3n) is 3.48. The average molecular weight is 365 g/mol. The summed E-state index contributed by atoms with van der Waals surface area (Å²) >= 11 is 8.68. The van der Waals surface area contributed by atoms with Gasteiger partial charge in [-0.1, -0.05) is 31.5 Å². The molecule has 0 amide bonds. The number of aromatic nitrogens is 2. The van der Waals surface area contributed by atoms with E-state index < -0.39 is 0 Å². The van der Waals surface area contributed by atoms with Crippen molar-refractivity contribution in [3.63, 3.8) is 0 Å². The molecule has 2 aromatic carbocycles. The van der Waals surface area contributed by atoms with Crippen LogP contribution in [-0.4, -0.2) is 9.55 Å². The molecule has 3 rings (SSSR count). The fourth-order valence-corrected chi connectivity index (χ4v) is 3.19. The largest absolute Gasteiger partial charge is 0.330 e. The fraction of sp³-hybridized carbons (Fsp3) is 0.188. The average Bonchev–Trinajstić information content (AvgIpc) is 2.76. The third kappa shape index (κ3) is 2.56. The van der Waals surface area contributed by atoms with Crippen LogP contribution >= 0.6 is 28.1 Å². The van der Waals surface area contributed by atoms with E-state index >= 15 is 0 Å². The minimum Gasteiger partial charge on any atom is -0.330 e. The molecule has 0 aliphatic heterocycles. The highest BCUT2D eigenvalue weighted by Gasteiger charge is 2.12. The molecule has 0 unspecified atom stereocenters. The molecule has 0 radical (unpaired) electrons. The van der Waals surface area contributed by atoms with Crippen LogP contribution in [0.2, 0.25) is 0 Å². The van der Waals surface area contributed by atoms with Gasteiger partial charge in [0.25, 0.3) is 0 Å². The van der Waals surface area contributed by atoms with Crippen LogP contribution in [0.15, 0.2) is 40.9 Å². The van der Waals surface area contributed by atoms with Gasteiger partial charge in [0.2, 0.25) is 0 Å². The van der Waals surface area contributed by atoms with Crippen LogP contribution in [0.5, 0.6) is 0 Å². The van der Waals surface area contributed by atoms with E-state index in [9.17, 15) is 4.39 Å². The molecule has 1 N–H and O–H groups in total. The van der Waals surface area contributed by atoms with Crippen LogP contribution in [0, 0.1) is 10.6 Å². The van der Waals surface area contributed by atoms with Gasteiger partial charge in [0.1, 0.15) is 5.82 Å². The smallest absolute Gasteiger partial charge is 0.182 e. The first-order chi connectivity index (χ1) is 10.1. The number of nitrogens with one attached hydrogen (secondary N) is 1. The van der Waals surface area contributed by atoms with Crippen molar-refractivity contribution in [1.29, 1.82) is 0 Å². The van der Waals surface area contributed by atoms with Gasteiger partial charge in [0, 0.05) is 6.07 Å². The standard InChI is InChI=1S/C16H14BrFN2S/c1-2-5-10-6-3-4-7-14(10)20-15-8-11(17)12(18)9-13(15)19-16(20)21/h3-4,6-9H,2,5H2,1H3,(H,19,21). The van der Waals surface area contributed by atoms with Gasteiger partial charge in [-0.15, -0.1) is 0 Å². The number of hydrogen-bond acceptors (Lipinski definition) is 1. The Balaban J connectivity index is 2.33. The highest BCUT2D eigenvalue weighted by atomic mass is 79.9. The summed E-state index contributed by atoms with van der Waals surface area (Å²) < 4.78 is 16.7. The Morgan fingerprint density at radius 2 is 2.05 bits per heavy atom. The lowest BCUT2D eigenvalue weighted by atomic mass is 10.1. The van der Waals surface area contributed by atoms with Crippen LogP contribution in [0.25, 0.3) is 16.7 Å². The predicted molar refractivity (Wildman–Crippen MR) is 90.1 cm³/mol. The van der Waals surface area contributed by atoms with Gasteiger partial charge in [0.05, 0.1) is 21.2 Å². The van der Waals surface area contributed by atoms with Crippen molar-refractivity contribution in [2.75, 3.05) is 0 Å². The molecule has 0 saturated carbocycles. The molecule has 108 valence electrons. The molecular weight excluding hydrogens is 351 g/mol. The van der Waals surface area contributed by atoms with Crippen molar-refractivity contribution in [3.8, 4) is 5.69 Å². The van der Waals surface area contributed by atoms with E-state index in [4.69, 9.17) is 12.2 Å². The molecule has 0 saturated heterocycles. The molecule has 0 fully saturated rings. The molecule has 0 spiro atoms. The minimum atomic E-state index is -0.298. The first-order valence-electron chi connectivity index (χ1n) is 6.80. The highest BCUT2D eigenvalue weighted by molar-refractivity contribution is 9.10. The van der Waals surface area contributed by atoms with Crippen molar-refractivity contribution in [2.45, 2.75) is 19.8 Å². The van der Waals surface area contributed by atoms with E-state index in [0.717, 1.165) is 24.0 Å². The van der Waals surface area contributed by atoms with Gasteiger partial charge >= 0.3 is 0 Å². The minimum absolute atomic E-state index is 0.298. The van der Waals surface area contributed by atoms with Crippen LogP contribution in [0.3, 0.4) is 0 Å². The second-order valence-corrected chi connectivity index (χ2v) is 6.17. The van der Waals surface area contributed by atoms with Gasteiger partial charge in [-0.25, -0.2) is 4.39 Å². The van der Waals surface area contributed by atoms with Gasteiger partial charge in [-0.2, -0.15) is 0 Å². The number of nitrogens with zero attached hydrogens (tertiary/aromatic N) is 1. The van der Waals surface area contributed by atoms with Crippen LogP contribution < -0.4 is 0 Å². The molecule has 5 heteroatoms. The topological polar surface area (TPSA) is 20.7 Å². The summed E-state index contributed by atoms with van der Waals surface area (Å²) in [6.45, 7) is 2.15. The molecule has 1 heterocycles. The van der Waals surface area contributed by atoms with E-state index in [1.54, 1.807) is 6.07 Å². The monoisotopic (exact) mass is 364 g/mol. The summed E-state index contributed by atoms with van der Waals surface area (Å²) in [5.74, 6) is -0.298. The molecule has 0 bridgehead atoms. The highest BCUT2D eigenvalue weighted by Crippen LogP contribution is 2.27. The van der Waals surface area contributed by atoms with E-state index in [1.807, 2.05) is 22.8 Å². The number of imidazole rings is 1. The summed E-state index contributed by atoms with van der Waals surface area (Å²) in [7, 11) is 0. The predicted octanol–water partition coefficient (Wildman–Crippen LogP) is 5.54. The molecule has 0 atom stereocenters. The molecule has 0 aliphatic rings. The number of rotatable bonds is 3. The van der Waals surface area contributed by atoms with Gasteiger partial charge in [-0.3, -0.25) is 4.57 Å². The van der Waals surface area contributed by atoms with Crippen molar-refractivity contribution < 1.29 is 4.39 Å². The van der Waals surface area contributed by atoms with Crippen LogP contribution in [0.4, 0.5) is 4.39 Å². The summed E-state index contributed by atoms with van der Waals surface area (Å²) in [6, 6.07) is 11.4. The number of aryl methyl sites for hydroxylation is 1. The lowest BCUT2D eigenvalue weighted by Gasteiger charge is -2.11. The van der Waals surface area contributed by atoms with Gasteiger partial charge in [0.15, 0.2) is 4.77 Å². The number of benzene rings is 2. The van der Waals surface area contributed by atoms with Gasteiger partial charge < -0.3 is 4.98 Å². The molecule has 3 aromatic rings. The second-order valence-electron chi connectivity index (χ2n) is 4.93. The second kappa shape index (κ2) is 5.73. The van der Waals surface area contributed by atoms with Crippen molar-refractivity contribution in [2.24, 2.45) is 0 Å². The zero-order valence-electron chi connectivity index (χ0n) is 11.5. The SMILES string of the molecule is CCCc1ccccc1-n1c(=S)[nH]c2cc(F)c(Br)cc21. The molecular formula is C16H14BrFN2S. The van der Waals surface area contributed by atoms with E-state index in [1.165, 1.54) is 11.6 Å². The Hall–Kier alpha value is -1.46. The van der Waals surface area contributed by atoms with Crippen molar-refractivity contribution >= 4 is 39.2 Å². The Labute approximate surface area is 135 Å². The first-order valence-corrected chi connectivity index (χ1v) is 8.00. The number of H-pyrrole nitrogens is 1. The number of halogens is 2. The van der Waals surface area contributed by atoms with Gasteiger partial charge in [-0.05, 0) is 52.3 Å². The lowest BCUT2D eigenvalue weighted by molar-refractivity contribution is 0.623. The molecule has 1 aromatic heterocycles. The number of fused-ring (bicyclic) bond motifs is 1. The lowest BCUT2D eigenvalue weighted by Crippen LogP contribution is -1.99. The fourth-order valence-electron chi connectivity index (χ4n) is 2.55.